The van der Waals surface area contributed by atoms with Gasteiger partial charge >= 0.3 is 0 Å². The van der Waals surface area contributed by atoms with Gasteiger partial charge in [-0.3, -0.25) is 0 Å². The molecule has 4 atom stereocenters. The Morgan fingerprint density at radius 1 is 0.542 bits per heavy atom. The third kappa shape index (κ3) is 2.82. The molecule has 4 rings (SSSR count). The highest BCUT2D eigenvalue weighted by molar-refractivity contribution is 6.86. The maximum Gasteiger partial charge on any atom is 0.180 e. The van der Waals surface area contributed by atoms with Gasteiger partial charge in [0.2, 0.25) is 0 Å². The van der Waals surface area contributed by atoms with Gasteiger partial charge in [-0.25, -0.2) is 0 Å². The van der Waals surface area contributed by atoms with Crippen LogP contribution in [0.1, 0.15) is 38.8 Å². The topological polar surface area (TPSA) is 0 Å². The highest BCUT2D eigenvalue weighted by Gasteiger charge is 2.47. The van der Waals surface area contributed by atoms with E-state index in [4.69, 9.17) is 0 Å². The van der Waals surface area contributed by atoms with Crippen molar-refractivity contribution in [3.63, 3.8) is 0 Å². The van der Waals surface area contributed by atoms with E-state index >= 15 is 0 Å². The Balaban J connectivity index is 1.44. The summed E-state index contributed by atoms with van der Waals surface area (Å²) in [5.74, 6) is 9.93. The van der Waals surface area contributed by atoms with Crippen LogP contribution >= 0.6 is 0 Å². The van der Waals surface area contributed by atoms with Crippen molar-refractivity contribution >= 4 is 24.4 Å². The van der Waals surface area contributed by atoms with Gasteiger partial charge in [0.1, 0.15) is 0 Å². The molecule has 2 fully saturated rings. The molecule has 2 aromatic rings. The van der Waals surface area contributed by atoms with Crippen molar-refractivity contribution in [1.29, 1.82) is 0 Å². The molecule has 0 radical (unpaired) electrons. The van der Waals surface area contributed by atoms with Crippen LogP contribution in [-0.4, -0.2) is 13.4 Å². The molecule has 24 heavy (non-hydrogen) atoms. The molecule has 0 aliphatic carbocycles. The Kier molecular flexibility index (Phi) is 3.84. The second-order valence-electron chi connectivity index (χ2n) is 7.98. The molecule has 2 aromatic carbocycles. The summed E-state index contributed by atoms with van der Waals surface area (Å²) in [5, 5.41) is 0. The summed E-state index contributed by atoms with van der Waals surface area (Å²) in [6.45, 7) is 10.9. The van der Waals surface area contributed by atoms with Crippen molar-refractivity contribution in [2.75, 3.05) is 0 Å². The molecule has 0 N–H and O–H groups in total. The molecule has 118 valence electrons. The zero-order valence-corrected chi connectivity index (χ0v) is 15.1. The largest absolute Gasteiger partial charge is 0.180 e. The Morgan fingerprint density at radius 3 is 1.08 bits per heavy atom. The molecule has 2 saturated heterocycles. The molecular weight excluding hydrogens is 286 g/mol. The van der Waals surface area contributed by atoms with Crippen molar-refractivity contribution in [1.82, 2.24) is 0 Å². The summed E-state index contributed by atoms with van der Waals surface area (Å²) < 4.78 is 0. The molecule has 4 unspecified atom stereocenters. The Hall–Kier alpha value is -1.87. The van der Waals surface area contributed by atoms with Crippen LogP contribution in [0.4, 0.5) is 0 Å². The molecule has 2 heterocycles. The van der Waals surface area contributed by atoms with Crippen molar-refractivity contribution in [2.24, 2.45) is 0 Å². The quantitative estimate of drug-likeness (QED) is 0.579. The van der Waals surface area contributed by atoms with Crippen LogP contribution in [0.5, 0.6) is 0 Å². The smallest absolute Gasteiger partial charge is 0.0794 e. The van der Waals surface area contributed by atoms with Crippen LogP contribution in [-0.2, 0) is 0 Å². The molecule has 0 bridgehead atoms. The first kappa shape index (κ1) is 15.6. The molecule has 2 aliphatic rings. The van der Waals surface area contributed by atoms with Gasteiger partial charge in [0.15, 0.2) is 13.4 Å². The lowest BCUT2D eigenvalue weighted by atomic mass is 9.59. The van der Waals surface area contributed by atoms with Crippen LogP contribution < -0.4 is 10.9 Å². The van der Waals surface area contributed by atoms with E-state index in [0.29, 0.717) is 0 Å². The lowest BCUT2D eigenvalue weighted by Crippen LogP contribution is -2.16. The first-order valence-corrected chi connectivity index (χ1v) is 9.28. The third-order valence-electron chi connectivity index (χ3n) is 6.59. The Bertz CT molecular complexity index is 711. The van der Waals surface area contributed by atoms with Crippen LogP contribution in [0.15, 0.2) is 48.5 Å². The van der Waals surface area contributed by atoms with Crippen LogP contribution in [0, 0.1) is 11.8 Å². The molecule has 2 heteroatoms. The molecule has 0 spiro atoms. The standard InChI is InChI=1S/C22H24B2/c1-15-16(2)23(15)21-11-7-19(8-12-21)5-6-20-9-13-22(14-10-20)24-17(3)18(24)4/h7-18H,1-4H3. The first-order valence-electron chi connectivity index (χ1n) is 9.28. The molecule has 0 aromatic heterocycles. The molecule has 0 nitrogen and oxygen atoms in total. The van der Waals surface area contributed by atoms with E-state index in [-0.39, 0.29) is 0 Å². The second kappa shape index (κ2) is 5.89. The van der Waals surface area contributed by atoms with Gasteiger partial charge in [-0.15, -0.1) is 0 Å². The zero-order valence-electron chi connectivity index (χ0n) is 15.1. The highest BCUT2D eigenvalue weighted by atomic mass is 14.2. The predicted molar refractivity (Wildman–Crippen MR) is 107 cm³/mol. The van der Waals surface area contributed by atoms with E-state index in [1.54, 1.807) is 0 Å². The van der Waals surface area contributed by atoms with Gasteiger partial charge in [-0.2, -0.15) is 0 Å². The molecule has 0 amide bonds. The lowest BCUT2D eigenvalue weighted by Gasteiger charge is -1.98. The van der Waals surface area contributed by atoms with Gasteiger partial charge in [-0.1, -0.05) is 98.0 Å². The monoisotopic (exact) mass is 310 g/mol. The number of hydrogen-bond donors (Lipinski definition) is 0. The van der Waals surface area contributed by atoms with Gasteiger partial charge < -0.3 is 0 Å². The lowest BCUT2D eigenvalue weighted by molar-refractivity contribution is 1.02. The van der Waals surface area contributed by atoms with Crippen molar-refractivity contribution in [3.8, 4) is 11.8 Å². The average Bonchev–Trinajstić information content (AvgIpc) is 3.42. The first-order chi connectivity index (χ1) is 11.6. The summed E-state index contributed by atoms with van der Waals surface area (Å²) in [7, 11) is 0. The van der Waals surface area contributed by atoms with Crippen molar-refractivity contribution in [3.05, 3.63) is 59.7 Å². The number of hydrogen-bond acceptors (Lipinski definition) is 0. The molecule has 0 saturated carbocycles. The van der Waals surface area contributed by atoms with Crippen LogP contribution in [0.2, 0.25) is 23.3 Å². The summed E-state index contributed by atoms with van der Waals surface area (Å²) >= 11 is 0. The van der Waals surface area contributed by atoms with Crippen LogP contribution in [0.3, 0.4) is 0 Å². The third-order valence-corrected chi connectivity index (χ3v) is 6.59. The van der Waals surface area contributed by atoms with Gasteiger partial charge in [0, 0.05) is 11.1 Å². The predicted octanol–water partition coefficient (Wildman–Crippen LogP) is 4.08. The van der Waals surface area contributed by atoms with E-state index in [1.165, 1.54) is 10.9 Å². The van der Waals surface area contributed by atoms with Crippen molar-refractivity contribution in [2.45, 2.75) is 51.0 Å². The summed E-state index contributed by atoms with van der Waals surface area (Å²) in [4.78, 5) is 0. The van der Waals surface area contributed by atoms with E-state index < -0.39 is 0 Å². The van der Waals surface area contributed by atoms with Gasteiger partial charge in [-0.05, 0) is 24.3 Å². The maximum absolute atomic E-state index is 3.30. The second-order valence-corrected chi connectivity index (χ2v) is 7.98. The minimum atomic E-state index is 0.756. The fourth-order valence-electron chi connectivity index (χ4n) is 4.26. The average molecular weight is 310 g/mol. The van der Waals surface area contributed by atoms with Gasteiger partial charge in [0.25, 0.3) is 0 Å². The normalized spacial score (nSPS) is 27.5. The summed E-state index contributed by atoms with van der Waals surface area (Å²) in [6, 6.07) is 17.7. The van der Waals surface area contributed by atoms with Crippen molar-refractivity contribution < 1.29 is 0 Å². The van der Waals surface area contributed by atoms with E-state index in [1.807, 2.05) is 0 Å². The van der Waals surface area contributed by atoms with Crippen LogP contribution in [0.25, 0.3) is 0 Å². The minimum Gasteiger partial charge on any atom is -0.0794 e. The Labute approximate surface area is 147 Å². The fraction of sp³-hybridized carbons (Fsp3) is 0.364. The molecule has 2 aliphatic heterocycles. The molecular formula is C22H24B2. The zero-order chi connectivity index (χ0) is 16.8. The number of rotatable bonds is 2. The Morgan fingerprint density at radius 2 is 0.833 bits per heavy atom. The van der Waals surface area contributed by atoms with E-state index in [9.17, 15) is 0 Å². The van der Waals surface area contributed by atoms with E-state index in [2.05, 4.69) is 88.1 Å². The van der Waals surface area contributed by atoms with E-state index in [0.717, 1.165) is 47.8 Å². The minimum absolute atomic E-state index is 0.756. The maximum atomic E-state index is 3.30. The fourth-order valence-corrected chi connectivity index (χ4v) is 4.26. The summed E-state index contributed by atoms with van der Waals surface area (Å²) in [6.07, 6.45) is 0. The number of benzene rings is 2. The SMILES string of the molecule is CC1B(c2ccc(C#Cc3ccc(B4C(C)C4C)cc3)cc2)C1C. The highest BCUT2D eigenvalue weighted by Crippen LogP contribution is 2.48. The summed E-state index contributed by atoms with van der Waals surface area (Å²) in [5.41, 5.74) is 5.15. The van der Waals surface area contributed by atoms with Gasteiger partial charge in [0.05, 0.1) is 0 Å².